The van der Waals surface area contributed by atoms with E-state index >= 15 is 0 Å². The van der Waals surface area contributed by atoms with Gasteiger partial charge in [-0.2, -0.15) is 0 Å². The van der Waals surface area contributed by atoms with Gasteiger partial charge in [-0.3, -0.25) is 14.4 Å². The summed E-state index contributed by atoms with van der Waals surface area (Å²) in [6, 6.07) is 17.9. The van der Waals surface area contributed by atoms with Crippen molar-refractivity contribution in [2.75, 3.05) is 0 Å². The Balaban J connectivity index is 2.27. The van der Waals surface area contributed by atoms with Crippen LogP contribution in [0.1, 0.15) is 38.3 Å². The zero-order chi connectivity index (χ0) is 22.4. The zero-order valence-corrected chi connectivity index (χ0v) is 17.6. The van der Waals surface area contributed by atoms with E-state index in [1.54, 1.807) is 45.0 Å². The Labute approximate surface area is 177 Å². The van der Waals surface area contributed by atoms with E-state index in [1.165, 1.54) is 0 Å². The van der Waals surface area contributed by atoms with Gasteiger partial charge < -0.3 is 15.6 Å². The minimum absolute atomic E-state index is 0.0265. The number of hydrogen-bond acceptors (Lipinski definition) is 5. The number of nitrogens with two attached hydrogens (primary N) is 1. The van der Waals surface area contributed by atoms with E-state index < -0.39 is 41.2 Å². The fraction of sp³-hybridized carbons (Fsp3) is 0.375. The van der Waals surface area contributed by atoms with Gasteiger partial charge in [0.15, 0.2) is 0 Å². The standard InChI is InChI=1S/C24H29NO5/c1-23(2,3)30-21(27)19(14-17-10-6-4-7-11-17)20(26)16-24(25,22(28)29)15-18-12-8-5-9-13-18/h4-13,19H,14-16,25H2,1-3H3,(H,28,29)/t19-,24+/m0/s1. The number of carboxylic acids is 1. The topological polar surface area (TPSA) is 107 Å². The molecule has 3 N–H and O–H groups in total. The number of ether oxygens (including phenoxy) is 1. The molecule has 6 heteroatoms. The van der Waals surface area contributed by atoms with Gasteiger partial charge in [-0.1, -0.05) is 60.7 Å². The Kier molecular flexibility index (Phi) is 7.51. The van der Waals surface area contributed by atoms with Crippen molar-refractivity contribution >= 4 is 17.7 Å². The average molecular weight is 411 g/mol. The molecule has 0 unspecified atom stereocenters. The number of Topliss-reactive ketones (excluding diaryl/α,β-unsaturated/α-hetero) is 1. The maximum atomic E-state index is 13.1. The van der Waals surface area contributed by atoms with Gasteiger partial charge in [0, 0.05) is 12.8 Å². The minimum Gasteiger partial charge on any atom is -0.480 e. The summed E-state index contributed by atoms with van der Waals surface area (Å²) >= 11 is 0. The number of carboxylic acid groups (broad SMARTS) is 1. The first-order chi connectivity index (χ1) is 14.0. The number of benzene rings is 2. The molecule has 6 nitrogen and oxygen atoms in total. The number of carbonyl (C=O) groups excluding carboxylic acids is 2. The van der Waals surface area contributed by atoms with E-state index in [1.807, 2.05) is 36.4 Å². The molecule has 2 rings (SSSR count). The van der Waals surface area contributed by atoms with E-state index in [2.05, 4.69) is 0 Å². The second kappa shape index (κ2) is 9.67. The summed E-state index contributed by atoms with van der Waals surface area (Å²) in [5.41, 5.74) is 5.04. The van der Waals surface area contributed by atoms with Gasteiger partial charge in [-0.15, -0.1) is 0 Å². The third-order valence-corrected chi connectivity index (χ3v) is 4.64. The number of ketones is 1. The molecule has 0 saturated carbocycles. The Morgan fingerprint density at radius 1 is 0.933 bits per heavy atom. The van der Waals surface area contributed by atoms with Crippen LogP contribution >= 0.6 is 0 Å². The van der Waals surface area contributed by atoms with Crippen LogP contribution in [0.5, 0.6) is 0 Å². The maximum Gasteiger partial charge on any atom is 0.324 e. The van der Waals surface area contributed by atoms with Gasteiger partial charge in [0.2, 0.25) is 0 Å². The van der Waals surface area contributed by atoms with E-state index in [0.29, 0.717) is 5.56 Å². The molecule has 30 heavy (non-hydrogen) atoms. The summed E-state index contributed by atoms with van der Waals surface area (Å²) in [7, 11) is 0. The van der Waals surface area contributed by atoms with Crippen molar-refractivity contribution in [1.29, 1.82) is 0 Å². The highest BCUT2D eigenvalue weighted by Crippen LogP contribution is 2.23. The quantitative estimate of drug-likeness (QED) is 0.485. The highest BCUT2D eigenvalue weighted by molar-refractivity contribution is 6.02. The van der Waals surface area contributed by atoms with Gasteiger partial charge in [-0.05, 0) is 38.3 Å². The van der Waals surface area contributed by atoms with Crippen molar-refractivity contribution in [3.63, 3.8) is 0 Å². The van der Waals surface area contributed by atoms with Crippen LogP contribution in [0, 0.1) is 5.92 Å². The molecule has 0 amide bonds. The molecule has 0 bridgehead atoms. The third-order valence-electron chi connectivity index (χ3n) is 4.64. The summed E-state index contributed by atoms with van der Waals surface area (Å²) in [6.45, 7) is 5.15. The molecular weight excluding hydrogens is 382 g/mol. The van der Waals surface area contributed by atoms with E-state index in [0.717, 1.165) is 5.56 Å². The average Bonchev–Trinajstić information content (AvgIpc) is 2.66. The molecule has 0 aromatic heterocycles. The van der Waals surface area contributed by atoms with Crippen molar-refractivity contribution in [1.82, 2.24) is 0 Å². The first kappa shape index (κ1) is 23.3. The summed E-state index contributed by atoms with van der Waals surface area (Å²) in [6.07, 6.45) is -0.384. The fourth-order valence-corrected chi connectivity index (χ4v) is 3.16. The normalized spacial score (nSPS) is 14.4. The van der Waals surface area contributed by atoms with Crippen LogP contribution in [-0.4, -0.2) is 34.0 Å². The lowest BCUT2D eigenvalue weighted by Gasteiger charge is -2.28. The molecule has 0 aliphatic rings. The maximum absolute atomic E-state index is 13.1. The van der Waals surface area contributed by atoms with Crippen LogP contribution in [-0.2, 0) is 32.0 Å². The smallest absolute Gasteiger partial charge is 0.324 e. The molecule has 0 spiro atoms. The van der Waals surface area contributed by atoms with Crippen molar-refractivity contribution < 1.29 is 24.2 Å². The van der Waals surface area contributed by atoms with Crippen LogP contribution in [0.15, 0.2) is 60.7 Å². The molecule has 2 atom stereocenters. The third kappa shape index (κ3) is 6.81. The Hall–Kier alpha value is -2.99. The van der Waals surface area contributed by atoms with Crippen LogP contribution < -0.4 is 5.73 Å². The number of esters is 1. The van der Waals surface area contributed by atoms with Gasteiger partial charge >= 0.3 is 11.9 Å². The largest absolute Gasteiger partial charge is 0.480 e. The van der Waals surface area contributed by atoms with Gasteiger partial charge in [0.25, 0.3) is 0 Å². The summed E-state index contributed by atoms with van der Waals surface area (Å²) in [5.74, 6) is -3.65. The Morgan fingerprint density at radius 3 is 1.90 bits per heavy atom. The lowest BCUT2D eigenvalue weighted by atomic mass is 9.82. The van der Waals surface area contributed by atoms with Gasteiger partial charge in [0.1, 0.15) is 22.8 Å². The molecule has 0 aliphatic heterocycles. The van der Waals surface area contributed by atoms with E-state index in [9.17, 15) is 19.5 Å². The molecule has 2 aromatic rings. The number of rotatable bonds is 9. The zero-order valence-electron chi connectivity index (χ0n) is 17.6. The van der Waals surface area contributed by atoms with Crippen LogP contribution in [0.2, 0.25) is 0 Å². The highest BCUT2D eigenvalue weighted by Gasteiger charge is 2.41. The SMILES string of the molecule is CC(C)(C)OC(=O)[C@@H](Cc1ccccc1)C(=O)C[C@](N)(Cc1ccccc1)C(=O)O. The Morgan fingerprint density at radius 2 is 1.43 bits per heavy atom. The number of hydrogen-bond donors (Lipinski definition) is 2. The second-order valence-electron chi connectivity index (χ2n) is 8.54. The van der Waals surface area contributed by atoms with Crippen molar-refractivity contribution in [2.24, 2.45) is 11.7 Å². The first-order valence-corrected chi connectivity index (χ1v) is 9.86. The van der Waals surface area contributed by atoms with Crippen molar-refractivity contribution in [3.8, 4) is 0 Å². The molecule has 0 fully saturated rings. The highest BCUT2D eigenvalue weighted by atomic mass is 16.6. The lowest BCUT2D eigenvalue weighted by Crippen LogP contribution is -2.53. The fourth-order valence-electron chi connectivity index (χ4n) is 3.16. The molecule has 0 heterocycles. The number of aliphatic carboxylic acids is 1. The molecule has 0 aliphatic carbocycles. The van der Waals surface area contributed by atoms with Crippen molar-refractivity contribution in [2.45, 2.75) is 51.2 Å². The molecule has 0 radical (unpaired) electrons. The summed E-state index contributed by atoms with van der Waals surface area (Å²) in [5, 5.41) is 9.75. The Bertz CT molecular complexity index is 873. The van der Waals surface area contributed by atoms with E-state index in [4.69, 9.17) is 10.5 Å². The van der Waals surface area contributed by atoms with Gasteiger partial charge in [-0.25, -0.2) is 0 Å². The first-order valence-electron chi connectivity index (χ1n) is 9.86. The van der Waals surface area contributed by atoms with Crippen LogP contribution in [0.4, 0.5) is 0 Å². The molecule has 2 aromatic carbocycles. The molecular formula is C24H29NO5. The number of carbonyl (C=O) groups is 3. The van der Waals surface area contributed by atoms with Crippen molar-refractivity contribution in [3.05, 3.63) is 71.8 Å². The predicted molar refractivity (Wildman–Crippen MR) is 114 cm³/mol. The van der Waals surface area contributed by atoms with Crippen LogP contribution in [0.3, 0.4) is 0 Å². The summed E-state index contributed by atoms with van der Waals surface area (Å²) in [4.78, 5) is 37.9. The molecule has 0 saturated heterocycles. The minimum atomic E-state index is -1.82. The van der Waals surface area contributed by atoms with Gasteiger partial charge in [0.05, 0.1) is 0 Å². The van der Waals surface area contributed by atoms with Crippen LogP contribution in [0.25, 0.3) is 0 Å². The predicted octanol–water partition coefficient (Wildman–Crippen LogP) is 3.17. The second-order valence-corrected chi connectivity index (χ2v) is 8.54. The summed E-state index contributed by atoms with van der Waals surface area (Å²) < 4.78 is 5.44. The monoisotopic (exact) mass is 411 g/mol. The molecule has 160 valence electrons. The lowest BCUT2D eigenvalue weighted by molar-refractivity contribution is -0.163. The van der Waals surface area contributed by atoms with E-state index in [-0.39, 0.29) is 12.8 Å².